The standard InChI is InChI=1S/C14H19ClN2O4S/c1-10(18)17-7-5-12(6-8-17)16-22(19,20)14-9-11(15)3-4-13(14)21-2/h3-4,9,12,16H,5-8H2,1-2H3. The first-order chi connectivity index (χ1) is 10.3. The number of benzene rings is 1. The lowest BCUT2D eigenvalue weighted by atomic mass is 10.1. The van der Waals surface area contributed by atoms with E-state index < -0.39 is 10.0 Å². The van der Waals surface area contributed by atoms with Crippen LogP contribution in [0.2, 0.25) is 5.02 Å². The molecule has 0 aromatic heterocycles. The number of amides is 1. The van der Waals surface area contributed by atoms with Gasteiger partial charge in [0.15, 0.2) is 0 Å². The molecule has 0 atom stereocenters. The van der Waals surface area contributed by atoms with Crippen molar-refractivity contribution in [1.29, 1.82) is 0 Å². The highest BCUT2D eigenvalue weighted by Crippen LogP contribution is 2.27. The van der Waals surface area contributed by atoms with Crippen LogP contribution in [0.5, 0.6) is 5.75 Å². The van der Waals surface area contributed by atoms with Gasteiger partial charge in [0, 0.05) is 31.1 Å². The number of piperidine rings is 1. The van der Waals surface area contributed by atoms with Gasteiger partial charge in [0.25, 0.3) is 0 Å². The fourth-order valence-electron chi connectivity index (χ4n) is 2.46. The zero-order valence-corrected chi connectivity index (χ0v) is 14.1. The van der Waals surface area contributed by atoms with Gasteiger partial charge in [-0.25, -0.2) is 13.1 Å². The number of nitrogens with zero attached hydrogens (tertiary/aromatic N) is 1. The number of carbonyl (C=O) groups is 1. The number of hydrogen-bond acceptors (Lipinski definition) is 4. The van der Waals surface area contributed by atoms with Crippen molar-refractivity contribution in [3.05, 3.63) is 23.2 Å². The molecule has 2 rings (SSSR count). The second-order valence-electron chi connectivity index (χ2n) is 5.20. The second kappa shape index (κ2) is 6.85. The molecular weight excluding hydrogens is 328 g/mol. The van der Waals surface area contributed by atoms with E-state index >= 15 is 0 Å². The maximum atomic E-state index is 12.5. The summed E-state index contributed by atoms with van der Waals surface area (Å²) in [5.74, 6) is 0.260. The number of halogens is 1. The van der Waals surface area contributed by atoms with E-state index in [4.69, 9.17) is 16.3 Å². The van der Waals surface area contributed by atoms with Crippen molar-refractivity contribution in [2.75, 3.05) is 20.2 Å². The highest BCUT2D eigenvalue weighted by Gasteiger charge is 2.27. The number of hydrogen-bond donors (Lipinski definition) is 1. The van der Waals surface area contributed by atoms with E-state index in [0.717, 1.165) is 0 Å². The van der Waals surface area contributed by atoms with Crippen LogP contribution in [0.25, 0.3) is 0 Å². The molecule has 0 unspecified atom stereocenters. The average Bonchev–Trinajstić information content (AvgIpc) is 2.47. The van der Waals surface area contributed by atoms with Crippen molar-refractivity contribution in [1.82, 2.24) is 9.62 Å². The molecule has 1 aromatic carbocycles. The van der Waals surface area contributed by atoms with Gasteiger partial charge in [0.05, 0.1) is 7.11 Å². The van der Waals surface area contributed by atoms with Gasteiger partial charge in [-0.2, -0.15) is 0 Å². The quantitative estimate of drug-likeness (QED) is 0.899. The minimum atomic E-state index is -3.73. The highest BCUT2D eigenvalue weighted by molar-refractivity contribution is 7.89. The van der Waals surface area contributed by atoms with E-state index in [9.17, 15) is 13.2 Å². The highest BCUT2D eigenvalue weighted by atomic mass is 35.5. The Morgan fingerprint density at radius 1 is 1.36 bits per heavy atom. The summed E-state index contributed by atoms with van der Waals surface area (Å²) in [6.45, 7) is 2.62. The van der Waals surface area contributed by atoms with Crippen LogP contribution >= 0.6 is 11.6 Å². The topological polar surface area (TPSA) is 75.7 Å². The maximum Gasteiger partial charge on any atom is 0.244 e. The molecule has 1 heterocycles. The molecule has 8 heteroatoms. The molecule has 1 saturated heterocycles. The predicted molar refractivity (Wildman–Crippen MR) is 83.6 cm³/mol. The number of ether oxygens (including phenoxy) is 1. The Kier molecular flexibility index (Phi) is 5.31. The van der Waals surface area contributed by atoms with Crippen LogP contribution < -0.4 is 9.46 Å². The molecule has 0 radical (unpaired) electrons. The summed E-state index contributed by atoms with van der Waals surface area (Å²) in [6.07, 6.45) is 1.17. The lowest BCUT2D eigenvalue weighted by Crippen LogP contribution is -2.45. The van der Waals surface area contributed by atoms with Crippen LogP contribution in [0.1, 0.15) is 19.8 Å². The van der Waals surface area contributed by atoms with E-state index in [1.807, 2.05) is 0 Å². The molecule has 1 aromatic rings. The van der Waals surface area contributed by atoms with Gasteiger partial charge in [-0.05, 0) is 31.0 Å². The molecule has 122 valence electrons. The molecule has 1 fully saturated rings. The summed E-state index contributed by atoms with van der Waals surface area (Å²) >= 11 is 5.88. The van der Waals surface area contributed by atoms with Gasteiger partial charge in [-0.15, -0.1) is 0 Å². The molecule has 0 saturated carbocycles. The molecule has 6 nitrogen and oxygen atoms in total. The molecule has 1 N–H and O–H groups in total. The van der Waals surface area contributed by atoms with Crippen molar-refractivity contribution in [3.63, 3.8) is 0 Å². The SMILES string of the molecule is COc1ccc(Cl)cc1S(=O)(=O)NC1CCN(C(C)=O)CC1. The monoisotopic (exact) mass is 346 g/mol. The Morgan fingerprint density at radius 3 is 2.55 bits per heavy atom. The van der Waals surface area contributed by atoms with Crippen LogP contribution in [0.15, 0.2) is 23.1 Å². The molecule has 0 spiro atoms. The largest absolute Gasteiger partial charge is 0.495 e. The predicted octanol–water partition coefficient (Wildman–Crippen LogP) is 1.64. The number of likely N-dealkylation sites (tertiary alicyclic amines) is 1. The molecule has 1 aliphatic heterocycles. The molecule has 0 aliphatic carbocycles. The van der Waals surface area contributed by atoms with E-state index in [1.165, 1.54) is 26.2 Å². The second-order valence-corrected chi connectivity index (χ2v) is 7.32. The minimum absolute atomic E-state index is 0.0119. The van der Waals surface area contributed by atoms with Crippen molar-refractivity contribution < 1.29 is 17.9 Å². The van der Waals surface area contributed by atoms with Gasteiger partial charge < -0.3 is 9.64 Å². The van der Waals surface area contributed by atoms with Crippen molar-refractivity contribution in [2.45, 2.75) is 30.7 Å². The summed E-state index contributed by atoms with van der Waals surface area (Å²) in [4.78, 5) is 13.0. The summed E-state index contributed by atoms with van der Waals surface area (Å²) < 4.78 is 32.8. The normalized spacial score (nSPS) is 16.6. The number of sulfonamides is 1. The molecule has 0 bridgehead atoms. The Labute approximate surface area is 135 Å². The van der Waals surface area contributed by atoms with Crippen molar-refractivity contribution in [3.8, 4) is 5.75 Å². The van der Waals surface area contributed by atoms with Crippen LogP contribution in [0.4, 0.5) is 0 Å². The lowest BCUT2D eigenvalue weighted by molar-refractivity contribution is -0.129. The van der Waals surface area contributed by atoms with Gasteiger partial charge in [0.1, 0.15) is 10.6 Å². The van der Waals surface area contributed by atoms with Gasteiger partial charge in [0.2, 0.25) is 15.9 Å². The van der Waals surface area contributed by atoms with Crippen LogP contribution in [-0.4, -0.2) is 45.5 Å². The molecule has 22 heavy (non-hydrogen) atoms. The first kappa shape index (κ1) is 17.1. The van der Waals surface area contributed by atoms with E-state index in [0.29, 0.717) is 31.0 Å². The van der Waals surface area contributed by atoms with Crippen LogP contribution in [-0.2, 0) is 14.8 Å². The fraction of sp³-hybridized carbons (Fsp3) is 0.500. The number of nitrogens with one attached hydrogen (secondary N) is 1. The van der Waals surface area contributed by atoms with E-state index in [2.05, 4.69) is 4.72 Å². The number of carbonyl (C=O) groups excluding carboxylic acids is 1. The number of rotatable bonds is 4. The third kappa shape index (κ3) is 3.91. The zero-order valence-electron chi connectivity index (χ0n) is 12.5. The van der Waals surface area contributed by atoms with E-state index in [1.54, 1.807) is 11.0 Å². The summed E-state index contributed by atoms with van der Waals surface area (Å²) in [7, 11) is -2.32. The Morgan fingerprint density at radius 2 is 2.00 bits per heavy atom. The van der Waals surface area contributed by atoms with Gasteiger partial charge in [-0.1, -0.05) is 11.6 Å². The maximum absolute atomic E-state index is 12.5. The van der Waals surface area contributed by atoms with Crippen molar-refractivity contribution >= 4 is 27.5 Å². The summed E-state index contributed by atoms with van der Waals surface area (Å²) in [5.41, 5.74) is 0. The average molecular weight is 347 g/mol. The number of methoxy groups -OCH3 is 1. The Balaban J connectivity index is 2.12. The first-order valence-electron chi connectivity index (χ1n) is 6.95. The first-order valence-corrected chi connectivity index (χ1v) is 8.81. The molecule has 1 amide bonds. The van der Waals surface area contributed by atoms with Crippen LogP contribution in [0.3, 0.4) is 0 Å². The van der Waals surface area contributed by atoms with Crippen molar-refractivity contribution in [2.24, 2.45) is 0 Å². The smallest absolute Gasteiger partial charge is 0.244 e. The van der Waals surface area contributed by atoms with E-state index in [-0.39, 0.29) is 22.6 Å². The minimum Gasteiger partial charge on any atom is -0.495 e. The zero-order chi connectivity index (χ0) is 16.3. The third-order valence-electron chi connectivity index (χ3n) is 3.68. The molecule has 1 aliphatic rings. The summed E-state index contributed by atoms with van der Waals surface area (Å²) in [6, 6.07) is 4.26. The Hall–Kier alpha value is -1.31. The van der Waals surface area contributed by atoms with Gasteiger partial charge in [-0.3, -0.25) is 4.79 Å². The summed E-state index contributed by atoms with van der Waals surface area (Å²) in [5, 5.41) is 0.326. The van der Waals surface area contributed by atoms with Gasteiger partial charge >= 0.3 is 0 Å². The lowest BCUT2D eigenvalue weighted by Gasteiger charge is -2.31. The van der Waals surface area contributed by atoms with Crippen LogP contribution in [0, 0.1) is 0 Å². The molecular formula is C14H19ClN2O4S. The third-order valence-corrected chi connectivity index (χ3v) is 5.45. The fourth-order valence-corrected chi connectivity index (χ4v) is 4.19. The Bertz CT molecular complexity index is 655.